The number of carbonyl (C=O) groups excluding carboxylic acids is 1. The molecule has 27 heavy (non-hydrogen) atoms. The summed E-state index contributed by atoms with van der Waals surface area (Å²) >= 11 is 1.56. The number of hydrogen-bond donors (Lipinski definition) is 1. The van der Waals surface area contributed by atoms with Gasteiger partial charge in [0, 0.05) is 42.7 Å². The van der Waals surface area contributed by atoms with Crippen molar-refractivity contribution in [2.24, 2.45) is 0 Å². The summed E-state index contributed by atoms with van der Waals surface area (Å²) in [5.74, 6) is -0.0638. The molecule has 136 valence electrons. The third-order valence-electron chi connectivity index (χ3n) is 4.34. The van der Waals surface area contributed by atoms with Crippen molar-refractivity contribution in [3.8, 4) is 0 Å². The minimum absolute atomic E-state index is 0.0638. The van der Waals surface area contributed by atoms with Crippen LogP contribution in [-0.2, 0) is 17.8 Å². The summed E-state index contributed by atoms with van der Waals surface area (Å²) in [7, 11) is 2.06. The molecule has 0 saturated carbocycles. The number of nitrogens with one attached hydrogen (secondary N) is 1. The van der Waals surface area contributed by atoms with Crippen LogP contribution in [0.3, 0.4) is 0 Å². The van der Waals surface area contributed by atoms with Gasteiger partial charge in [0.05, 0.1) is 12.1 Å². The standard InChI is InChI=1S/C21H20N4OS/c1-24(14-16-5-3-2-4-6-16)19-9-7-17(8-10-19)22-20(26)13-18-15-25-11-12-27-21(25)23-18/h2-12,15H,13-14H2,1H3,(H,22,26). The zero-order valence-corrected chi connectivity index (χ0v) is 15.8. The maximum Gasteiger partial charge on any atom is 0.230 e. The molecule has 1 amide bonds. The van der Waals surface area contributed by atoms with E-state index < -0.39 is 0 Å². The van der Waals surface area contributed by atoms with Crippen molar-refractivity contribution in [2.75, 3.05) is 17.3 Å². The molecule has 0 atom stereocenters. The first-order valence-electron chi connectivity index (χ1n) is 8.73. The van der Waals surface area contributed by atoms with Gasteiger partial charge in [-0.2, -0.15) is 0 Å². The summed E-state index contributed by atoms with van der Waals surface area (Å²) in [6.07, 6.45) is 4.11. The summed E-state index contributed by atoms with van der Waals surface area (Å²) in [5, 5.41) is 4.91. The molecule has 2 aromatic heterocycles. The molecule has 0 radical (unpaired) electrons. The normalized spacial score (nSPS) is 10.9. The van der Waals surface area contributed by atoms with E-state index in [9.17, 15) is 4.79 Å². The van der Waals surface area contributed by atoms with Crippen LogP contribution < -0.4 is 10.2 Å². The van der Waals surface area contributed by atoms with E-state index in [4.69, 9.17) is 0 Å². The first-order chi connectivity index (χ1) is 13.2. The van der Waals surface area contributed by atoms with Crippen LogP contribution in [0, 0.1) is 0 Å². The van der Waals surface area contributed by atoms with E-state index in [0.717, 1.165) is 28.6 Å². The average molecular weight is 376 g/mol. The second-order valence-corrected chi connectivity index (χ2v) is 7.31. The first-order valence-corrected chi connectivity index (χ1v) is 9.61. The van der Waals surface area contributed by atoms with Gasteiger partial charge >= 0.3 is 0 Å². The molecule has 0 spiro atoms. The summed E-state index contributed by atoms with van der Waals surface area (Å²) in [4.78, 5) is 19.8. The van der Waals surface area contributed by atoms with Crippen LogP contribution in [0.15, 0.2) is 72.4 Å². The molecule has 5 nitrogen and oxygen atoms in total. The lowest BCUT2D eigenvalue weighted by molar-refractivity contribution is -0.115. The van der Waals surface area contributed by atoms with E-state index in [2.05, 4.69) is 34.4 Å². The zero-order chi connectivity index (χ0) is 18.6. The molecule has 4 aromatic rings. The molecule has 6 heteroatoms. The van der Waals surface area contributed by atoms with E-state index in [1.54, 1.807) is 11.3 Å². The number of fused-ring (bicyclic) bond motifs is 1. The molecule has 0 fully saturated rings. The van der Waals surface area contributed by atoms with Gasteiger partial charge in [0.1, 0.15) is 0 Å². The Morgan fingerprint density at radius 3 is 2.67 bits per heavy atom. The lowest BCUT2D eigenvalue weighted by Crippen LogP contribution is -2.17. The number of rotatable bonds is 6. The number of benzene rings is 2. The van der Waals surface area contributed by atoms with E-state index in [1.165, 1.54) is 5.56 Å². The van der Waals surface area contributed by atoms with E-state index in [0.29, 0.717) is 0 Å². The fourth-order valence-electron chi connectivity index (χ4n) is 2.98. The summed E-state index contributed by atoms with van der Waals surface area (Å²) in [6.45, 7) is 0.837. The molecule has 0 unspecified atom stereocenters. The highest BCUT2D eigenvalue weighted by atomic mass is 32.1. The molecule has 0 aliphatic carbocycles. The largest absolute Gasteiger partial charge is 0.370 e. The molecule has 0 aliphatic rings. The molecule has 4 rings (SSSR count). The lowest BCUT2D eigenvalue weighted by atomic mass is 10.2. The fourth-order valence-corrected chi connectivity index (χ4v) is 3.70. The number of carbonyl (C=O) groups is 1. The fraction of sp³-hybridized carbons (Fsp3) is 0.143. The summed E-state index contributed by atoms with van der Waals surface area (Å²) < 4.78 is 1.94. The monoisotopic (exact) mass is 376 g/mol. The minimum atomic E-state index is -0.0638. The van der Waals surface area contributed by atoms with Crippen LogP contribution >= 0.6 is 11.3 Å². The second kappa shape index (κ2) is 7.63. The van der Waals surface area contributed by atoms with E-state index >= 15 is 0 Å². The molecule has 1 N–H and O–H groups in total. The molecule has 0 aliphatic heterocycles. The van der Waals surface area contributed by atoms with Gasteiger partial charge in [-0.25, -0.2) is 4.98 Å². The smallest absolute Gasteiger partial charge is 0.230 e. The number of thiazole rings is 1. The van der Waals surface area contributed by atoms with Gasteiger partial charge in [-0.1, -0.05) is 30.3 Å². The Hall–Kier alpha value is -3.12. The highest BCUT2D eigenvalue weighted by Gasteiger charge is 2.09. The number of anilines is 2. The molecule has 2 aromatic carbocycles. The topological polar surface area (TPSA) is 49.6 Å². The van der Waals surface area contributed by atoms with Gasteiger partial charge in [0.2, 0.25) is 5.91 Å². The first kappa shape index (κ1) is 17.3. The van der Waals surface area contributed by atoms with Crippen molar-refractivity contribution >= 4 is 33.6 Å². The number of imidazole rings is 1. The molecule has 0 bridgehead atoms. The Morgan fingerprint density at radius 1 is 1.15 bits per heavy atom. The highest BCUT2D eigenvalue weighted by Crippen LogP contribution is 2.19. The highest BCUT2D eigenvalue weighted by molar-refractivity contribution is 7.15. The third-order valence-corrected chi connectivity index (χ3v) is 5.11. The van der Waals surface area contributed by atoms with Crippen LogP contribution in [0.1, 0.15) is 11.3 Å². The van der Waals surface area contributed by atoms with Crippen molar-refractivity contribution in [3.63, 3.8) is 0 Å². The Labute approximate surface area is 161 Å². The minimum Gasteiger partial charge on any atom is -0.370 e. The Bertz CT molecular complexity index is 1010. The Balaban J connectivity index is 1.35. The lowest BCUT2D eigenvalue weighted by Gasteiger charge is -2.19. The van der Waals surface area contributed by atoms with Crippen molar-refractivity contribution < 1.29 is 4.79 Å². The van der Waals surface area contributed by atoms with Gasteiger partial charge < -0.3 is 10.2 Å². The average Bonchev–Trinajstić information content (AvgIpc) is 3.24. The van der Waals surface area contributed by atoms with Crippen LogP contribution in [-0.4, -0.2) is 22.3 Å². The van der Waals surface area contributed by atoms with Gasteiger partial charge in [0.25, 0.3) is 0 Å². The van der Waals surface area contributed by atoms with Crippen LogP contribution in [0.2, 0.25) is 0 Å². The van der Waals surface area contributed by atoms with Crippen LogP contribution in [0.4, 0.5) is 11.4 Å². The number of amides is 1. The number of nitrogens with zero attached hydrogens (tertiary/aromatic N) is 3. The van der Waals surface area contributed by atoms with Crippen molar-refractivity contribution in [1.82, 2.24) is 9.38 Å². The van der Waals surface area contributed by atoms with E-state index in [-0.39, 0.29) is 12.3 Å². The van der Waals surface area contributed by atoms with Gasteiger partial charge in [-0.3, -0.25) is 9.20 Å². The third kappa shape index (κ3) is 4.17. The van der Waals surface area contributed by atoms with Gasteiger partial charge in [0.15, 0.2) is 4.96 Å². The van der Waals surface area contributed by atoms with Crippen LogP contribution in [0.25, 0.3) is 4.96 Å². The summed E-state index contributed by atoms with van der Waals surface area (Å²) in [5.41, 5.74) is 3.93. The van der Waals surface area contributed by atoms with Gasteiger partial charge in [-0.05, 0) is 29.8 Å². The second-order valence-electron chi connectivity index (χ2n) is 6.44. The maximum atomic E-state index is 12.3. The molecular weight excluding hydrogens is 356 g/mol. The van der Waals surface area contributed by atoms with Gasteiger partial charge in [-0.15, -0.1) is 11.3 Å². The number of hydrogen-bond acceptors (Lipinski definition) is 4. The van der Waals surface area contributed by atoms with Crippen LogP contribution in [0.5, 0.6) is 0 Å². The maximum absolute atomic E-state index is 12.3. The number of aromatic nitrogens is 2. The van der Waals surface area contributed by atoms with E-state index in [1.807, 2.05) is 64.6 Å². The quantitative estimate of drug-likeness (QED) is 0.548. The van der Waals surface area contributed by atoms with Crippen molar-refractivity contribution in [1.29, 1.82) is 0 Å². The Morgan fingerprint density at radius 2 is 1.93 bits per heavy atom. The van der Waals surface area contributed by atoms with Crippen molar-refractivity contribution in [3.05, 3.63) is 83.6 Å². The Kier molecular flexibility index (Phi) is 4.89. The SMILES string of the molecule is CN(Cc1ccccc1)c1ccc(NC(=O)Cc2cn3ccsc3n2)cc1. The molecule has 2 heterocycles. The zero-order valence-electron chi connectivity index (χ0n) is 15.0. The molecular formula is C21H20N4OS. The van der Waals surface area contributed by atoms with Crippen molar-refractivity contribution in [2.45, 2.75) is 13.0 Å². The predicted molar refractivity (Wildman–Crippen MR) is 110 cm³/mol. The summed E-state index contributed by atoms with van der Waals surface area (Å²) in [6, 6.07) is 18.2. The molecule has 0 saturated heterocycles. The predicted octanol–water partition coefficient (Wildman–Crippen LogP) is 4.21.